The highest BCUT2D eigenvalue weighted by Crippen LogP contribution is 2.34. The van der Waals surface area contributed by atoms with Gasteiger partial charge in [-0.2, -0.15) is 0 Å². The van der Waals surface area contributed by atoms with Crippen molar-refractivity contribution >= 4 is 35.0 Å². The van der Waals surface area contributed by atoms with Gasteiger partial charge in [-0.15, -0.1) is 0 Å². The summed E-state index contributed by atoms with van der Waals surface area (Å²) < 4.78 is 15.6. The van der Waals surface area contributed by atoms with Gasteiger partial charge in [-0.3, -0.25) is 14.5 Å². The van der Waals surface area contributed by atoms with E-state index in [1.165, 1.54) is 30.3 Å². The lowest BCUT2D eigenvalue weighted by Gasteiger charge is -2.13. The summed E-state index contributed by atoms with van der Waals surface area (Å²) in [6, 6.07) is 15.6. The second kappa shape index (κ2) is 8.00. The third-order valence-corrected chi connectivity index (χ3v) is 5.49. The van der Waals surface area contributed by atoms with Crippen LogP contribution in [0, 0.1) is 5.82 Å². The Labute approximate surface area is 175 Å². The van der Waals surface area contributed by atoms with Crippen molar-refractivity contribution in [2.75, 3.05) is 0 Å². The summed E-state index contributed by atoms with van der Waals surface area (Å²) in [5.74, 6) is -2.29. The number of thioether (sulfide) groups is 1. The summed E-state index contributed by atoms with van der Waals surface area (Å²) in [4.78, 5) is 37.4. The predicted molar refractivity (Wildman–Crippen MR) is 108 cm³/mol. The van der Waals surface area contributed by atoms with E-state index in [9.17, 15) is 23.9 Å². The van der Waals surface area contributed by atoms with Crippen LogP contribution in [0.5, 0.6) is 0 Å². The van der Waals surface area contributed by atoms with Gasteiger partial charge in [-0.25, -0.2) is 4.39 Å². The fraction of sp³-hybridized carbons (Fsp3) is 0.0455. The molecule has 150 valence electrons. The maximum Gasteiger partial charge on any atom is 0.293 e. The number of hydrogen-bond donors (Lipinski definition) is 0. The maximum atomic E-state index is 13.9. The number of hydrogen-bond acceptors (Lipinski definition) is 5. The minimum Gasteiger partial charge on any atom is -0.545 e. The van der Waals surface area contributed by atoms with E-state index >= 15 is 0 Å². The number of benzene rings is 2. The quantitative estimate of drug-likeness (QED) is 0.591. The number of carboxylic acid groups (broad SMARTS) is 1. The number of rotatable bonds is 5. The molecule has 0 spiro atoms. The molecule has 0 unspecified atom stereocenters. The van der Waals surface area contributed by atoms with E-state index in [4.69, 9.17) is 0 Å². The van der Waals surface area contributed by atoms with Gasteiger partial charge in [0.05, 0.1) is 17.4 Å². The molecule has 0 atom stereocenters. The lowest BCUT2D eigenvalue weighted by atomic mass is 10.2. The van der Waals surface area contributed by atoms with Crippen LogP contribution in [-0.4, -0.2) is 26.6 Å². The monoisotopic (exact) mass is 421 g/mol. The topological polar surface area (TPSA) is 82.4 Å². The van der Waals surface area contributed by atoms with Crippen LogP contribution in [0.4, 0.5) is 9.18 Å². The molecule has 2 aromatic carbocycles. The highest BCUT2D eigenvalue weighted by atomic mass is 32.2. The molecule has 8 heteroatoms. The third-order valence-electron chi connectivity index (χ3n) is 4.58. The highest BCUT2D eigenvalue weighted by Gasteiger charge is 2.35. The van der Waals surface area contributed by atoms with Crippen molar-refractivity contribution in [3.8, 4) is 5.69 Å². The van der Waals surface area contributed by atoms with Gasteiger partial charge in [0, 0.05) is 23.1 Å². The number of carboxylic acids is 1. The Morgan fingerprint density at radius 2 is 1.87 bits per heavy atom. The largest absolute Gasteiger partial charge is 0.545 e. The summed E-state index contributed by atoms with van der Waals surface area (Å²) in [5.41, 5.74) is 1.43. The Morgan fingerprint density at radius 3 is 2.63 bits per heavy atom. The number of aromatic nitrogens is 1. The third kappa shape index (κ3) is 3.77. The Bertz CT molecular complexity index is 1200. The van der Waals surface area contributed by atoms with Crippen LogP contribution in [-0.2, 0) is 11.3 Å². The summed E-state index contributed by atoms with van der Waals surface area (Å²) in [6.45, 7) is -0.149. The number of carbonyl (C=O) groups is 3. The number of imide groups is 1. The van der Waals surface area contributed by atoms with Crippen LogP contribution >= 0.6 is 11.8 Å². The molecule has 2 amide bonds. The zero-order valence-electron chi connectivity index (χ0n) is 15.4. The fourth-order valence-electron chi connectivity index (χ4n) is 3.10. The lowest BCUT2D eigenvalue weighted by Crippen LogP contribution is -2.27. The molecule has 0 radical (unpaired) electrons. The first-order chi connectivity index (χ1) is 14.4. The standard InChI is InChI=1S/C22H15FN2O4S/c23-18-9-2-1-5-15(18)13-25-20(26)19(30-22(25)29)12-17-8-4-10-24(17)16-7-3-6-14(11-16)21(27)28/h1-12H,13H2,(H,27,28)/p-1/b19-12-. The minimum atomic E-state index is -1.29. The van der Waals surface area contributed by atoms with Gasteiger partial charge < -0.3 is 14.5 Å². The molecule has 4 rings (SSSR count). The van der Waals surface area contributed by atoms with Gasteiger partial charge in [0.15, 0.2) is 0 Å². The van der Waals surface area contributed by atoms with Gasteiger partial charge >= 0.3 is 0 Å². The molecule has 0 bridgehead atoms. The van der Waals surface area contributed by atoms with Crippen molar-refractivity contribution in [2.45, 2.75) is 6.54 Å². The molecular formula is C22H14FN2O4S-. The van der Waals surface area contributed by atoms with Crippen LogP contribution < -0.4 is 5.11 Å². The van der Waals surface area contributed by atoms with Crippen LogP contribution in [0.15, 0.2) is 71.8 Å². The summed E-state index contributed by atoms with van der Waals surface area (Å²) >= 11 is 0.776. The molecule has 0 saturated carbocycles. The van der Waals surface area contributed by atoms with E-state index in [1.807, 2.05) is 0 Å². The predicted octanol–water partition coefficient (Wildman–Crippen LogP) is 3.22. The highest BCUT2D eigenvalue weighted by molar-refractivity contribution is 8.18. The van der Waals surface area contributed by atoms with E-state index in [-0.39, 0.29) is 22.6 Å². The van der Waals surface area contributed by atoms with Crippen LogP contribution in [0.3, 0.4) is 0 Å². The molecule has 6 nitrogen and oxygen atoms in total. The number of carbonyl (C=O) groups excluding carboxylic acids is 3. The maximum absolute atomic E-state index is 13.9. The molecule has 1 fully saturated rings. The Hall–Kier alpha value is -3.65. The Balaban J connectivity index is 1.63. The molecule has 30 heavy (non-hydrogen) atoms. The molecule has 2 heterocycles. The number of aromatic carboxylic acids is 1. The average Bonchev–Trinajstić information content (AvgIpc) is 3.30. The van der Waals surface area contributed by atoms with Crippen molar-refractivity contribution in [1.29, 1.82) is 0 Å². The zero-order valence-corrected chi connectivity index (χ0v) is 16.3. The van der Waals surface area contributed by atoms with Gasteiger partial charge in [-0.05, 0) is 53.7 Å². The summed E-state index contributed by atoms with van der Waals surface area (Å²) in [7, 11) is 0. The molecule has 3 aromatic rings. The van der Waals surface area contributed by atoms with Gasteiger partial charge in [-0.1, -0.05) is 30.3 Å². The molecular weight excluding hydrogens is 407 g/mol. The van der Waals surface area contributed by atoms with E-state index in [0.717, 1.165) is 16.7 Å². The SMILES string of the molecule is O=C([O-])c1cccc(-n2cccc2/C=C2\SC(=O)N(Cc3ccccc3F)C2=O)c1. The zero-order chi connectivity index (χ0) is 21.3. The first-order valence-electron chi connectivity index (χ1n) is 8.92. The van der Waals surface area contributed by atoms with Crippen molar-refractivity contribution in [2.24, 2.45) is 0 Å². The smallest absolute Gasteiger partial charge is 0.293 e. The number of nitrogens with zero attached hydrogens (tertiary/aromatic N) is 2. The summed E-state index contributed by atoms with van der Waals surface area (Å²) in [6.07, 6.45) is 3.27. The lowest BCUT2D eigenvalue weighted by molar-refractivity contribution is -0.255. The van der Waals surface area contributed by atoms with Gasteiger partial charge in [0.2, 0.25) is 0 Å². The summed E-state index contributed by atoms with van der Waals surface area (Å²) in [5, 5.41) is 10.6. The first-order valence-corrected chi connectivity index (χ1v) is 9.73. The van der Waals surface area contributed by atoms with Crippen molar-refractivity contribution in [3.63, 3.8) is 0 Å². The average molecular weight is 421 g/mol. The van der Waals surface area contributed by atoms with Gasteiger partial charge in [0.1, 0.15) is 5.82 Å². The normalized spacial score (nSPS) is 15.2. The molecule has 0 aliphatic carbocycles. The molecule has 1 aromatic heterocycles. The second-order valence-electron chi connectivity index (χ2n) is 6.50. The van der Waals surface area contributed by atoms with Crippen LogP contribution in [0.2, 0.25) is 0 Å². The van der Waals surface area contributed by atoms with Crippen molar-refractivity contribution in [3.05, 3.63) is 94.4 Å². The molecule has 1 saturated heterocycles. The molecule has 0 N–H and O–H groups in total. The van der Waals surface area contributed by atoms with E-state index < -0.39 is 22.9 Å². The van der Waals surface area contributed by atoms with Crippen molar-refractivity contribution < 1.29 is 23.9 Å². The Kier molecular flexibility index (Phi) is 5.24. The minimum absolute atomic E-state index is 0.0253. The Morgan fingerprint density at radius 1 is 1.07 bits per heavy atom. The van der Waals surface area contributed by atoms with Crippen LogP contribution in [0.25, 0.3) is 11.8 Å². The van der Waals surface area contributed by atoms with Gasteiger partial charge in [0.25, 0.3) is 11.1 Å². The molecule has 1 aliphatic rings. The second-order valence-corrected chi connectivity index (χ2v) is 7.49. The van der Waals surface area contributed by atoms with E-state index in [0.29, 0.717) is 11.4 Å². The molecule has 1 aliphatic heterocycles. The first kappa shape index (κ1) is 19.7. The fourth-order valence-corrected chi connectivity index (χ4v) is 3.92. The van der Waals surface area contributed by atoms with E-state index in [2.05, 4.69) is 0 Å². The number of halogens is 1. The van der Waals surface area contributed by atoms with E-state index in [1.54, 1.807) is 47.2 Å². The van der Waals surface area contributed by atoms with Crippen molar-refractivity contribution in [1.82, 2.24) is 9.47 Å². The van der Waals surface area contributed by atoms with Crippen LogP contribution in [0.1, 0.15) is 21.6 Å². The number of amides is 2.